The molecule has 0 N–H and O–H groups in total. The molecule has 0 saturated carbocycles. The molecule has 2 aromatic heterocycles. The van der Waals surface area contributed by atoms with Crippen molar-refractivity contribution < 1.29 is 13.9 Å². The van der Waals surface area contributed by atoms with E-state index < -0.39 is 5.63 Å². The van der Waals surface area contributed by atoms with E-state index >= 15 is 0 Å². The first-order valence-corrected chi connectivity index (χ1v) is 10.1. The number of aromatic nitrogens is 1. The monoisotopic (exact) mass is 397 g/mol. The van der Waals surface area contributed by atoms with Crippen LogP contribution in [0.5, 0.6) is 5.75 Å². The van der Waals surface area contributed by atoms with Crippen LogP contribution >= 0.6 is 23.1 Å². The molecule has 0 spiro atoms. The van der Waals surface area contributed by atoms with Crippen molar-refractivity contribution in [1.29, 1.82) is 0 Å². The van der Waals surface area contributed by atoms with Crippen molar-refractivity contribution >= 4 is 49.4 Å². The van der Waals surface area contributed by atoms with Gasteiger partial charge in [0.2, 0.25) is 5.12 Å². The molecule has 0 atom stereocenters. The summed E-state index contributed by atoms with van der Waals surface area (Å²) >= 11 is 2.36. The Bertz CT molecular complexity index is 1160. The van der Waals surface area contributed by atoms with Crippen molar-refractivity contribution in [3.8, 4) is 5.75 Å². The minimum absolute atomic E-state index is 0.00832. The van der Waals surface area contributed by atoms with E-state index in [0.29, 0.717) is 27.7 Å². The number of thiazole rings is 1. The molecule has 4 rings (SSSR count). The van der Waals surface area contributed by atoms with Crippen molar-refractivity contribution in [3.05, 3.63) is 64.5 Å². The normalized spacial score (nSPS) is 11.1. The second-order valence-corrected chi connectivity index (χ2v) is 8.08. The number of para-hydroxylation sites is 1. The summed E-state index contributed by atoms with van der Waals surface area (Å²) in [6.45, 7) is 2.60. The summed E-state index contributed by atoms with van der Waals surface area (Å²) < 4.78 is 12.5. The number of rotatable bonds is 5. The van der Waals surface area contributed by atoms with Crippen LogP contribution in [0, 0.1) is 0 Å². The zero-order valence-electron chi connectivity index (χ0n) is 14.4. The molecule has 0 saturated heterocycles. The van der Waals surface area contributed by atoms with E-state index in [4.69, 9.17) is 9.15 Å². The minimum atomic E-state index is -0.659. The molecule has 0 fully saturated rings. The third kappa shape index (κ3) is 3.74. The number of ether oxygens (including phenoxy) is 1. The largest absolute Gasteiger partial charge is 0.493 e. The second kappa shape index (κ2) is 7.54. The molecule has 0 aliphatic carbocycles. The Morgan fingerprint density at radius 1 is 1.22 bits per heavy atom. The number of hydrogen-bond donors (Lipinski definition) is 0. The van der Waals surface area contributed by atoms with Gasteiger partial charge in [-0.3, -0.25) is 4.79 Å². The molecule has 0 amide bonds. The average Bonchev–Trinajstić information content (AvgIpc) is 3.07. The van der Waals surface area contributed by atoms with Crippen LogP contribution in [0.25, 0.3) is 21.2 Å². The summed E-state index contributed by atoms with van der Waals surface area (Å²) in [6.07, 6.45) is 0.887. The van der Waals surface area contributed by atoms with Gasteiger partial charge < -0.3 is 9.15 Å². The van der Waals surface area contributed by atoms with E-state index in [0.717, 1.165) is 28.4 Å². The molecule has 5 nitrogen and oxygen atoms in total. The van der Waals surface area contributed by atoms with Gasteiger partial charge in [0.1, 0.15) is 16.9 Å². The third-order valence-electron chi connectivity index (χ3n) is 3.85. The molecule has 27 heavy (non-hydrogen) atoms. The Labute approximate surface area is 163 Å². The van der Waals surface area contributed by atoms with Crippen LogP contribution in [-0.4, -0.2) is 16.7 Å². The predicted octanol–water partition coefficient (Wildman–Crippen LogP) is 5.12. The Hall–Kier alpha value is -2.64. The number of fused-ring (bicyclic) bond motifs is 2. The van der Waals surface area contributed by atoms with Gasteiger partial charge in [0, 0.05) is 11.5 Å². The lowest BCUT2D eigenvalue weighted by Crippen LogP contribution is -2.11. The molecule has 7 heteroatoms. The smallest absolute Gasteiger partial charge is 0.348 e. The van der Waals surface area contributed by atoms with Crippen LogP contribution < -0.4 is 10.4 Å². The van der Waals surface area contributed by atoms with Gasteiger partial charge in [-0.2, -0.15) is 0 Å². The molecule has 0 aliphatic heterocycles. The quantitative estimate of drug-likeness (QED) is 0.344. The van der Waals surface area contributed by atoms with Gasteiger partial charge in [0.05, 0.1) is 16.8 Å². The van der Waals surface area contributed by atoms with Crippen molar-refractivity contribution in [2.75, 3.05) is 6.61 Å². The number of carbonyl (C=O) groups excluding carboxylic acids is 1. The maximum Gasteiger partial charge on any atom is 0.348 e. The second-order valence-electron chi connectivity index (χ2n) is 5.83. The Kier molecular flexibility index (Phi) is 4.96. The van der Waals surface area contributed by atoms with Gasteiger partial charge in [-0.25, -0.2) is 9.78 Å². The van der Waals surface area contributed by atoms with Gasteiger partial charge in [-0.1, -0.05) is 19.1 Å². The zero-order valence-corrected chi connectivity index (χ0v) is 16.1. The summed E-state index contributed by atoms with van der Waals surface area (Å²) in [4.78, 5) is 29.3. The van der Waals surface area contributed by atoms with Crippen LogP contribution in [0.3, 0.4) is 0 Å². The van der Waals surface area contributed by atoms with Crippen molar-refractivity contribution in [2.24, 2.45) is 0 Å². The van der Waals surface area contributed by atoms with Crippen molar-refractivity contribution in [1.82, 2.24) is 4.98 Å². The molecule has 0 aliphatic rings. The summed E-state index contributed by atoms with van der Waals surface area (Å²) in [7, 11) is 0. The van der Waals surface area contributed by atoms with Crippen LogP contribution in [-0.2, 0) is 0 Å². The highest BCUT2D eigenvalue weighted by atomic mass is 32.2. The molecule has 0 radical (unpaired) electrons. The highest BCUT2D eigenvalue weighted by molar-refractivity contribution is 8.15. The molecule has 0 unspecified atom stereocenters. The highest BCUT2D eigenvalue weighted by Crippen LogP contribution is 2.31. The maximum atomic E-state index is 12.6. The molecule has 136 valence electrons. The Morgan fingerprint density at radius 2 is 2.07 bits per heavy atom. The molecule has 2 aromatic carbocycles. The zero-order chi connectivity index (χ0) is 18.8. The predicted molar refractivity (Wildman–Crippen MR) is 108 cm³/mol. The van der Waals surface area contributed by atoms with E-state index in [1.54, 1.807) is 24.3 Å². The summed E-state index contributed by atoms with van der Waals surface area (Å²) in [5, 5.41) is 0.294. The first-order chi connectivity index (χ1) is 13.1. The summed E-state index contributed by atoms with van der Waals surface area (Å²) in [5.74, 6) is 0.635. The third-order valence-corrected chi connectivity index (χ3v) is 5.86. The van der Waals surface area contributed by atoms with E-state index in [-0.39, 0.29) is 10.7 Å². The average molecular weight is 397 g/mol. The van der Waals surface area contributed by atoms with Crippen LogP contribution in [0.2, 0.25) is 0 Å². The number of hydrogen-bond acceptors (Lipinski definition) is 7. The highest BCUT2D eigenvalue weighted by Gasteiger charge is 2.17. The van der Waals surface area contributed by atoms with Crippen LogP contribution in [0.4, 0.5) is 0 Å². The van der Waals surface area contributed by atoms with Crippen molar-refractivity contribution in [2.45, 2.75) is 17.7 Å². The molecule has 4 aromatic rings. The fourth-order valence-electron chi connectivity index (χ4n) is 2.57. The fourth-order valence-corrected chi connectivity index (χ4v) is 4.49. The van der Waals surface area contributed by atoms with Gasteiger partial charge in [-0.05, 0) is 48.5 Å². The standard InChI is InChI=1S/C20H15NO4S2/c1-2-9-24-13-8-7-12-10-14(18(22)25-16(12)11-13)19(23)27-20-21-15-5-3-4-6-17(15)26-20/h3-8,10-11H,2,9H2,1H3. The molecular weight excluding hydrogens is 382 g/mol. The van der Waals surface area contributed by atoms with Gasteiger partial charge >= 0.3 is 5.63 Å². The summed E-state index contributed by atoms with van der Waals surface area (Å²) in [5.41, 5.74) is 0.584. The van der Waals surface area contributed by atoms with Gasteiger partial charge in [0.25, 0.3) is 0 Å². The molecular formula is C20H15NO4S2. The lowest BCUT2D eigenvalue weighted by Gasteiger charge is -2.05. The lowest BCUT2D eigenvalue weighted by atomic mass is 10.2. The number of carbonyl (C=O) groups is 1. The van der Waals surface area contributed by atoms with Gasteiger partial charge in [0.15, 0.2) is 4.34 Å². The van der Waals surface area contributed by atoms with Crippen LogP contribution in [0.15, 0.2) is 62.1 Å². The van der Waals surface area contributed by atoms with E-state index in [9.17, 15) is 9.59 Å². The molecule has 2 heterocycles. The van der Waals surface area contributed by atoms with Crippen LogP contribution in [0.1, 0.15) is 23.7 Å². The first-order valence-electron chi connectivity index (χ1n) is 8.42. The lowest BCUT2D eigenvalue weighted by molar-refractivity contribution is 0.108. The molecule has 0 bridgehead atoms. The number of thioether (sulfide) groups is 1. The van der Waals surface area contributed by atoms with E-state index in [1.807, 2.05) is 31.2 Å². The minimum Gasteiger partial charge on any atom is -0.493 e. The van der Waals surface area contributed by atoms with Gasteiger partial charge in [-0.15, -0.1) is 11.3 Å². The van der Waals surface area contributed by atoms with Crippen molar-refractivity contribution in [3.63, 3.8) is 0 Å². The summed E-state index contributed by atoms with van der Waals surface area (Å²) in [6, 6.07) is 14.5. The van der Waals surface area contributed by atoms with E-state index in [1.165, 1.54) is 11.3 Å². The SMILES string of the molecule is CCCOc1ccc2cc(C(=O)Sc3nc4ccccc4s3)c(=O)oc2c1. The van der Waals surface area contributed by atoms with E-state index in [2.05, 4.69) is 4.98 Å². The first kappa shape index (κ1) is 17.8. The maximum absolute atomic E-state index is 12.6. The number of nitrogens with zero attached hydrogens (tertiary/aromatic N) is 1. The Morgan fingerprint density at radius 3 is 2.89 bits per heavy atom. The number of benzene rings is 2. The topological polar surface area (TPSA) is 69.4 Å². The fraction of sp³-hybridized carbons (Fsp3) is 0.150. The Balaban J connectivity index is 1.62.